The number of hydrogen-bond donors (Lipinski definition) is 3. The molecule has 2 aromatic carbocycles. The number of carbonyl (C=O) groups excluding carboxylic acids is 2. The Labute approximate surface area is 197 Å². The lowest BCUT2D eigenvalue weighted by atomic mass is 9.98. The van der Waals surface area contributed by atoms with Gasteiger partial charge >= 0.3 is 12.1 Å². The van der Waals surface area contributed by atoms with Crippen molar-refractivity contribution < 1.29 is 29.3 Å². The zero-order valence-electron chi connectivity index (χ0n) is 18.7. The average molecular weight is 465 g/mol. The molecule has 2 aliphatic carbocycles. The molecule has 1 heterocycles. The molecule has 34 heavy (non-hydrogen) atoms. The van der Waals surface area contributed by atoms with E-state index in [1.807, 2.05) is 36.4 Å². The lowest BCUT2D eigenvalue weighted by Crippen LogP contribution is -2.52. The van der Waals surface area contributed by atoms with Gasteiger partial charge in [-0.25, -0.2) is 9.59 Å². The third-order valence-electron chi connectivity index (χ3n) is 7.05. The molecule has 2 amide bonds. The number of nitrogens with one attached hydrogen (secondary N) is 1. The summed E-state index contributed by atoms with van der Waals surface area (Å²) in [6.07, 6.45) is 0.778. The number of amides is 2. The van der Waals surface area contributed by atoms with Gasteiger partial charge in [-0.3, -0.25) is 4.79 Å². The van der Waals surface area contributed by atoms with E-state index in [0.29, 0.717) is 12.3 Å². The number of carbonyl (C=O) groups is 3. The minimum atomic E-state index is -1.16. The standard InChI is InChI=1S/C26H28N2O6/c29-16-12-23(25(31)32)28(13-16)24(30)22(11-15-9-10-15)27-26(33)34-14-21-19-7-3-1-5-17(19)18-6-2-4-8-20(18)21/h1-8,15-16,21-23,29H,9-14H2,(H,27,33)(H,31,32)/t16-,22?,23+/m1/s1. The average Bonchev–Trinajstić information content (AvgIpc) is 3.47. The first-order valence-corrected chi connectivity index (χ1v) is 11.7. The van der Waals surface area contributed by atoms with Crippen LogP contribution < -0.4 is 5.32 Å². The van der Waals surface area contributed by atoms with E-state index in [4.69, 9.17) is 4.74 Å². The highest BCUT2D eigenvalue weighted by molar-refractivity contribution is 5.90. The molecule has 0 aromatic heterocycles. The summed E-state index contributed by atoms with van der Waals surface area (Å²) in [6, 6.07) is 14.1. The van der Waals surface area contributed by atoms with Gasteiger partial charge in [0.15, 0.2) is 0 Å². The van der Waals surface area contributed by atoms with Crippen LogP contribution in [0.2, 0.25) is 0 Å². The monoisotopic (exact) mass is 464 g/mol. The van der Waals surface area contributed by atoms with Gasteiger partial charge in [0, 0.05) is 18.9 Å². The van der Waals surface area contributed by atoms with Gasteiger partial charge < -0.3 is 25.2 Å². The highest BCUT2D eigenvalue weighted by Crippen LogP contribution is 2.44. The van der Waals surface area contributed by atoms with Crippen LogP contribution in [-0.2, 0) is 14.3 Å². The molecule has 178 valence electrons. The number of hydrogen-bond acceptors (Lipinski definition) is 5. The number of aliphatic hydroxyl groups excluding tert-OH is 1. The minimum Gasteiger partial charge on any atom is -0.480 e. The molecule has 1 aliphatic heterocycles. The molecule has 3 aliphatic rings. The normalized spacial score (nSPS) is 22.1. The van der Waals surface area contributed by atoms with Crippen molar-refractivity contribution >= 4 is 18.0 Å². The predicted octanol–water partition coefficient (Wildman–Crippen LogP) is 2.74. The van der Waals surface area contributed by atoms with Crippen molar-refractivity contribution in [2.24, 2.45) is 5.92 Å². The smallest absolute Gasteiger partial charge is 0.407 e. The molecule has 5 rings (SSSR count). The Balaban J connectivity index is 1.27. The number of fused-ring (bicyclic) bond motifs is 3. The summed E-state index contributed by atoms with van der Waals surface area (Å²) in [5.41, 5.74) is 4.44. The fourth-order valence-corrected chi connectivity index (χ4v) is 5.18. The summed E-state index contributed by atoms with van der Waals surface area (Å²) in [4.78, 5) is 38.7. The highest BCUT2D eigenvalue weighted by atomic mass is 16.5. The third kappa shape index (κ3) is 4.37. The number of benzene rings is 2. The van der Waals surface area contributed by atoms with Gasteiger partial charge in [-0.1, -0.05) is 61.4 Å². The van der Waals surface area contributed by atoms with E-state index in [0.717, 1.165) is 35.1 Å². The molecule has 0 radical (unpaired) electrons. The number of ether oxygens (including phenoxy) is 1. The van der Waals surface area contributed by atoms with Crippen LogP contribution in [0.5, 0.6) is 0 Å². The van der Waals surface area contributed by atoms with Gasteiger partial charge in [0.2, 0.25) is 5.91 Å². The first-order valence-electron chi connectivity index (χ1n) is 11.7. The second-order valence-electron chi connectivity index (χ2n) is 9.44. The van der Waals surface area contributed by atoms with Crippen LogP contribution in [0.4, 0.5) is 4.79 Å². The van der Waals surface area contributed by atoms with Gasteiger partial charge in [-0.05, 0) is 34.6 Å². The molecule has 8 nitrogen and oxygen atoms in total. The Morgan fingerprint density at radius 3 is 2.24 bits per heavy atom. The van der Waals surface area contributed by atoms with Gasteiger partial charge in [-0.2, -0.15) is 0 Å². The second-order valence-corrected chi connectivity index (χ2v) is 9.44. The second kappa shape index (κ2) is 9.10. The van der Waals surface area contributed by atoms with E-state index < -0.39 is 36.2 Å². The topological polar surface area (TPSA) is 116 Å². The molecular formula is C26H28N2O6. The van der Waals surface area contributed by atoms with Crippen molar-refractivity contribution in [2.45, 2.75) is 49.8 Å². The quantitative estimate of drug-likeness (QED) is 0.580. The molecule has 1 unspecified atom stereocenters. The van der Waals surface area contributed by atoms with Crippen LogP contribution in [0.1, 0.15) is 42.7 Å². The van der Waals surface area contributed by atoms with E-state index in [1.165, 1.54) is 4.90 Å². The van der Waals surface area contributed by atoms with Crippen molar-refractivity contribution in [3.63, 3.8) is 0 Å². The van der Waals surface area contributed by atoms with Crippen LogP contribution in [-0.4, -0.2) is 64.4 Å². The molecule has 8 heteroatoms. The van der Waals surface area contributed by atoms with Crippen LogP contribution in [0.3, 0.4) is 0 Å². The van der Waals surface area contributed by atoms with Crippen LogP contribution in [0, 0.1) is 5.92 Å². The first-order chi connectivity index (χ1) is 16.4. The molecule has 2 aromatic rings. The number of carboxylic acid groups (broad SMARTS) is 1. The summed E-state index contributed by atoms with van der Waals surface area (Å²) < 4.78 is 5.59. The predicted molar refractivity (Wildman–Crippen MR) is 123 cm³/mol. The molecular weight excluding hydrogens is 436 g/mol. The fourth-order valence-electron chi connectivity index (χ4n) is 5.18. The van der Waals surface area contributed by atoms with E-state index in [9.17, 15) is 24.6 Å². The maximum absolute atomic E-state index is 13.2. The van der Waals surface area contributed by atoms with Crippen molar-refractivity contribution in [2.75, 3.05) is 13.2 Å². The zero-order chi connectivity index (χ0) is 23.8. The summed E-state index contributed by atoms with van der Waals surface area (Å²) in [5.74, 6) is -1.42. The van der Waals surface area contributed by atoms with Crippen LogP contribution in [0.25, 0.3) is 11.1 Å². The van der Waals surface area contributed by atoms with E-state index in [2.05, 4.69) is 17.4 Å². The van der Waals surface area contributed by atoms with E-state index in [-0.39, 0.29) is 25.5 Å². The molecule has 3 N–H and O–H groups in total. The summed E-state index contributed by atoms with van der Waals surface area (Å²) in [7, 11) is 0. The van der Waals surface area contributed by atoms with Crippen LogP contribution >= 0.6 is 0 Å². The number of alkyl carbamates (subject to hydrolysis) is 1. The fraction of sp³-hybridized carbons (Fsp3) is 0.423. The van der Waals surface area contributed by atoms with Gasteiger partial charge in [0.25, 0.3) is 0 Å². The van der Waals surface area contributed by atoms with Gasteiger partial charge in [-0.15, -0.1) is 0 Å². The SMILES string of the molecule is O=C(NC(CC1CC1)C(=O)N1C[C@H](O)C[C@H]1C(=O)O)OCC1c2ccccc2-c2ccccc21. The maximum atomic E-state index is 13.2. The van der Waals surface area contributed by atoms with Crippen LogP contribution in [0.15, 0.2) is 48.5 Å². The number of likely N-dealkylation sites (tertiary alicyclic amines) is 1. The summed E-state index contributed by atoms with van der Waals surface area (Å²) in [5, 5.41) is 22.1. The van der Waals surface area contributed by atoms with E-state index in [1.54, 1.807) is 0 Å². The third-order valence-corrected chi connectivity index (χ3v) is 7.05. The Hall–Kier alpha value is -3.39. The Kier molecular flexibility index (Phi) is 6.00. The largest absolute Gasteiger partial charge is 0.480 e. The molecule has 2 fully saturated rings. The minimum absolute atomic E-state index is 0.0117. The number of aliphatic carboxylic acids is 1. The highest BCUT2D eigenvalue weighted by Gasteiger charge is 2.43. The maximum Gasteiger partial charge on any atom is 0.407 e. The molecule has 3 atom stereocenters. The lowest BCUT2D eigenvalue weighted by molar-refractivity contribution is -0.149. The molecule has 0 spiro atoms. The number of β-amino-alcohol motifs (C(OH)–C–C–N with tert-alkyl or cyclic N) is 1. The zero-order valence-corrected chi connectivity index (χ0v) is 18.7. The summed E-state index contributed by atoms with van der Waals surface area (Å²) >= 11 is 0. The number of nitrogens with zero attached hydrogens (tertiary/aromatic N) is 1. The van der Waals surface area contributed by atoms with Crippen molar-refractivity contribution in [3.8, 4) is 11.1 Å². The van der Waals surface area contributed by atoms with Crippen molar-refractivity contribution in [3.05, 3.63) is 59.7 Å². The number of carboxylic acids is 1. The number of rotatable bonds is 7. The molecule has 1 saturated heterocycles. The van der Waals surface area contributed by atoms with Gasteiger partial charge in [0.05, 0.1) is 6.10 Å². The Morgan fingerprint density at radius 2 is 1.65 bits per heavy atom. The van der Waals surface area contributed by atoms with Crippen molar-refractivity contribution in [1.29, 1.82) is 0 Å². The lowest BCUT2D eigenvalue weighted by Gasteiger charge is -2.27. The Morgan fingerprint density at radius 1 is 1.03 bits per heavy atom. The Bertz CT molecular complexity index is 1070. The number of aliphatic hydroxyl groups is 1. The van der Waals surface area contributed by atoms with Gasteiger partial charge in [0.1, 0.15) is 18.7 Å². The van der Waals surface area contributed by atoms with Crippen molar-refractivity contribution in [1.82, 2.24) is 10.2 Å². The molecule has 0 bridgehead atoms. The first kappa shape index (κ1) is 22.4. The molecule has 1 saturated carbocycles. The van der Waals surface area contributed by atoms with E-state index >= 15 is 0 Å². The summed E-state index contributed by atoms with van der Waals surface area (Å²) in [6.45, 7) is 0.0771.